The molecule has 1 fully saturated rings. The molecule has 0 spiro atoms. The molecule has 2 atom stereocenters. The van der Waals surface area contributed by atoms with Crippen molar-refractivity contribution in [2.45, 2.75) is 12.6 Å². The van der Waals surface area contributed by atoms with Gasteiger partial charge in [0.1, 0.15) is 0 Å². The summed E-state index contributed by atoms with van der Waals surface area (Å²) in [5.74, 6) is 0. The minimum Gasteiger partial charge on any atom is -0.312 e. The van der Waals surface area contributed by atoms with Gasteiger partial charge in [-0.15, -0.1) is 0 Å². The second kappa shape index (κ2) is 0.768. The summed E-state index contributed by atoms with van der Waals surface area (Å²) in [6.45, 7) is 3.07. The van der Waals surface area contributed by atoms with E-state index in [0.717, 1.165) is 6.54 Å². The Kier molecular flexibility index (Phi) is 0.524. The zero-order valence-electron chi connectivity index (χ0n) is 4.23. The predicted molar refractivity (Wildman–Crippen MR) is 25.2 cm³/mol. The minimum atomic E-state index is 0.0417. The lowest BCUT2D eigenvalue weighted by atomic mass is 10.4. The Morgan fingerprint density at radius 3 is 2.00 bits per heavy atom. The average Bonchev–Trinajstić information content (AvgIpc) is 1.73. The number of nitrogens with two attached hydrogens (primary N) is 1. The fraction of sp³-hybridized carbons (Fsp3) is 1.00. The summed E-state index contributed by atoms with van der Waals surface area (Å²) in [5.41, 5.74) is 5.58. The van der Waals surface area contributed by atoms with Crippen LogP contribution in [0.2, 0.25) is 0 Å². The first-order valence-electron chi connectivity index (χ1n) is 2.13. The van der Waals surface area contributed by atoms with Crippen molar-refractivity contribution in [2.75, 3.05) is 13.6 Å². The molecule has 0 aliphatic carbocycles. The van der Waals surface area contributed by atoms with Gasteiger partial charge in [-0.3, -0.25) is 4.90 Å². The third-order valence-electron chi connectivity index (χ3n) is 1.33. The summed E-state index contributed by atoms with van der Waals surface area (Å²) in [4.78, 5) is 2.09. The van der Waals surface area contributed by atoms with Crippen LogP contribution in [0.25, 0.3) is 0 Å². The molecule has 2 nitrogen and oxygen atoms in total. The van der Waals surface area contributed by atoms with E-state index in [9.17, 15) is 0 Å². The van der Waals surface area contributed by atoms with Crippen LogP contribution < -0.4 is 5.73 Å². The van der Waals surface area contributed by atoms with Crippen molar-refractivity contribution in [3.63, 3.8) is 0 Å². The van der Waals surface area contributed by atoms with Crippen LogP contribution in [0.3, 0.4) is 0 Å². The van der Waals surface area contributed by atoms with E-state index < -0.39 is 0 Å². The third kappa shape index (κ3) is 0.420. The van der Waals surface area contributed by atoms with Gasteiger partial charge in [-0.1, -0.05) is 0 Å². The highest BCUT2D eigenvalue weighted by Crippen LogP contribution is 2.20. The maximum Gasteiger partial charge on any atom is 0.0788 e. The van der Waals surface area contributed by atoms with Gasteiger partial charge in [-0.2, -0.15) is 0 Å². The SMILES string of the molecule is CN1CC1(C)N. The maximum absolute atomic E-state index is 5.53. The highest BCUT2D eigenvalue weighted by molar-refractivity contribution is 4.94. The summed E-state index contributed by atoms with van der Waals surface area (Å²) in [6, 6.07) is 0. The highest BCUT2D eigenvalue weighted by atomic mass is 15.4. The largest absolute Gasteiger partial charge is 0.312 e. The van der Waals surface area contributed by atoms with Crippen LogP contribution in [0.1, 0.15) is 6.92 Å². The van der Waals surface area contributed by atoms with E-state index in [1.54, 1.807) is 0 Å². The van der Waals surface area contributed by atoms with Gasteiger partial charge in [0.15, 0.2) is 0 Å². The molecule has 6 heavy (non-hydrogen) atoms. The monoisotopic (exact) mass is 86.1 g/mol. The molecule has 0 bridgehead atoms. The van der Waals surface area contributed by atoms with Crippen molar-refractivity contribution in [3.8, 4) is 0 Å². The lowest BCUT2D eigenvalue weighted by molar-refractivity contribution is 0.511. The van der Waals surface area contributed by atoms with Gasteiger partial charge in [0.25, 0.3) is 0 Å². The molecule has 0 saturated carbocycles. The van der Waals surface area contributed by atoms with E-state index >= 15 is 0 Å². The Hall–Kier alpha value is -0.0800. The van der Waals surface area contributed by atoms with Crippen molar-refractivity contribution in [1.82, 2.24) is 4.90 Å². The Bertz CT molecular complexity index is 67.9. The van der Waals surface area contributed by atoms with Crippen LogP contribution in [0, 0.1) is 0 Å². The van der Waals surface area contributed by atoms with Crippen LogP contribution in [0.15, 0.2) is 0 Å². The first-order valence-corrected chi connectivity index (χ1v) is 2.13. The Labute approximate surface area is 37.9 Å². The van der Waals surface area contributed by atoms with E-state index in [-0.39, 0.29) is 5.66 Å². The fourth-order valence-corrected chi connectivity index (χ4v) is 0.445. The lowest BCUT2D eigenvalue weighted by Crippen LogP contribution is -2.23. The molecule has 2 N–H and O–H groups in total. The smallest absolute Gasteiger partial charge is 0.0788 e. The number of hydrogen-bond donors (Lipinski definition) is 1. The summed E-state index contributed by atoms with van der Waals surface area (Å²) in [7, 11) is 2.01. The molecule has 2 unspecified atom stereocenters. The van der Waals surface area contributed by atoms with Crippen molar-refractivity contribution < 1.29 is 0 Å². The normalized spacial score (nSPS) is 55.5. The maximum atomic E-state index is 5.53. The highest BCUT2D eigenvalue weighted by Gasteiger charge is 2.39. The summed E-state index contributed by atoms with van der Waals surface area (Å²) in [5, 5.41) is 0. The molecular weight excluding hydrogens is 76.1 g/mol. The molecular formula is C4H10N2. The molecule has 36 valence electrons. The van der Waals surface area contributed by atoms with Crippen molar-refractivity contribution in [1.29, 1.82) is 0 Å². The standard InChI is InChI=1S/C4H10N2/c1-4(5)3-6(4)2/h3,5H2,1-2H3. The summed E-state index contributed by atoms with van der Waals surface area (Å²) < 4.78 is 0. The lowest BCUT2D eigenvalue weighted by Gasteiger charge is -1.94. The first kappa shape index (κ1) is 4.09. The number of rotatable bonds is 0. The van der Waals surface area contributed by atoms with E-state index in [4.69, 9.17) is 5.73 Å². The van der Waals surface area contributed by atoms with E-state index in [0.29, 0.717) is 0 Å². The zero-order chi connectivity index (χ0) is 4.78. The molecule has 2 heteroatoms. The molecule has 1 saturated heterocycles. The van der Waals surface area contributed by atoms with Crippen LogP contribution in [-0.4, -0.2) is 24.2 Å². The molecule has 0 radical (unpaired) electrons. The molecule has 1 aliphatic rings. The zero-order valence-corrected chi connectivity index (χ0v) is 4.23. The number of hydrogen-bond acceptors (Lipinski definition) is 2. The van der Waals surface area contributed by atoms with Gasteiger partial charge in [0.05, 0.1) is 5.66 Å². The van der Waals surface area contributed by atoms with E-state index in [2.05, 4.69) is 4.90 Å². The van der Waals surface area contributed by atoms with Crippen LogP contribution in [0.4, 0.5) is 0 Å². The fourth-order valence-electron chi connectivity index (χ4n) is 0.445. The average molecular weight is 86.1 g/mol. The van der Waals surface area contributed by atoms with Crippen molar-refractivity contribution in [2.24, 2.45) is 5.73 Å². The topological polar surface area (TPSA) is 29.0 Å². The number of nitrogens with zero attached hydrogens (tertiary/aromatic N) is 1. The van der Waals surface area contributed by atoms with Crippen LogP contribution in [-0.2, 0) is 0 Å². The first-order chi connectivity index (χ1) is 2.63. The second-order valence-electron chi connectivity index (χ2n) is 2.21. The van der Waals surface area contributed by atoms with Crippen LogP contribution >= 0.6 is 0 Å². The molecule has 0 aromatic carbocycles. The van der Waals surface area contributed by atoms with Crippen LogP contribution in [0.5, 0.6) is 0 Å². The summed E-state index contributed by atoms with van der Waals surface area (Å²) in [6.07, 6.45) is 0. The van der Waals surface area contributed by atoms with Crippen molar-refractivity contribution >= 4 is 0 Å². The summed E-state index contributed by atoms with van der Waals surface area (Å²) >= 11 is 0. The third-order valence-corrected chi connectivity index (χ3v) is 1.33. The van der Waals surface area contributed by atoms with Gasteiger partial charge >= 0.3 is 0 Å². The molecule has 0 aromatic rings. The second-order valence-corrected chi connectivity index (χ2v) is 2.21. The Balaban J connectivity index is 2.41. The minimum absolute atomic E-state index is 0.0417. The Morgan fingerprint density at radius 2 is 2.00 bits per heavy atom. The van der Waals surface area contributed by atoms with Gasteiger partial charge in [-0.25, -0.2) is 0 Å². The van der Waals surface area contributed by atoms with E-state index in [1.165, 1.54) is 0 Å². The molecule has 1 rings (SSSR count). The van der Waals surface area contributed by atoms with Gasteiger partial charge < -0.3 is 5.73 Å². The quantitative estimate of drug-likeness (QED) is 0.407. The number of likely N-dealkylation sites (N-methyl/N-ethyl adjacent to an activating group) is 1. The molecule has 1 heterocycles. The van der Waals surface area contributed by atoms with Crippen molar-refractivity contribution in [3.05, 3.63) is 0 Å². The van der Waals surface area contributed by atoms with Gasteiger partial charge in [-0.05, 0) is 14.0 Å². The predicted octanol–water partition coefficient (Wildman–Crippen LogP) is -0.393. The van der Waals surface area contributed by atoms with Gasteiger partial charge in [0.2, 0.25) is 0 Å². The molecule has 1 aliphatic heterocycles. The van der Waals surface area contributed by atoms with Gasteiger partial charge in [0, 0.05) is 6.54 Å². The Morgan fingerprint density at radius 1 is 1.83 bits per heavy atom. The molecule has 0 aromatic heterocycles. The van der Waals surface area contributed by atoms with E-state index in [1.807, 2.05) is 14.0 Å². The molecule has 0 amide bonds.